The lowest BCUT2D eigenvalue weighted by atomic mass is 9.90. The highest BCUT2D eigenvalue weighted by atomic mass is 35.5. The Hall–Kier alpha value is -0.900. The predicted molar refractivity (Wildman–Crippen MR) is 82.9 cm³/mol. The zero-order chi connectivity index (χ0) is 14.8. The third-order valence-corrected chi connectivity index (χ3v) is 3.88. The van der Waals surface area contributed by atoms with E-state index >= 15 is 0 Å². The summed E-state index contributed by atoms with van der Waals surface area (Å²) >= 11 is 11.3. The molecule has 1 aliphatic heterocycles. The van der Waals surface area contributed by atoms with Crippen LogP contribution in [0, 0.1) is 0 Å². The van der Waals surface area contributed by atoms with Gasteiger partial charge in [0.15, 0.2) is 0 Å². The number of hydrogen-bond donors (Lipinski definition) is 1. The first-order valence-electron chi connectivity index (χ1n) is 6.53. The lowest BCUT2D eigenvalue weighted by Gasteiger charge is -2.37. The van der Waals surface area contributed by atoms with Crippen LogP contribution in [-0.4, -0.2) is 19.3 Å². The fraction of sp³-hybridized carbons (Fsp3) is 0.467. The second kappa shape index (κ2) is 6.25. The molecule has 0 bridgehead atoms. The summed E-state index contributed by atoms with van der Waals surface area (Å²) in [7, 11) is 1.96. The van der Waals surface area contributed by atoms with Gasteiger partial charge >= 0.3 is 0 Å². The minimum absolute atomic E-state index is 0.201. The molecule has 0 saturated heterocycles. The molecular formula is C15H19Cl2NO2. The Bertz CT molecular complexity index is 515. The number of benzene rings is 1. The second-order valence-corrected chi connectivity index (χ2v) is 6.16. The zero-order valence-corrected chi connectivity index (χ0v) is 13.4. The molecule has 0 aliphatic carbocycles. The van der Waals surface area contributed by atoms with Gasteiger partial charge in [0.1, 0.15) is 23.7 Å². The van der Waals surface area contributed by atoms with Gasteiger partial charge in [-0.1, -0.05) is 29.3 Å². The Morgan fingerprint density at radius 1 is 1.55 bits per heavy atom. The van der Waals surface area contributed by atoms with Crippen LogP contribution in [0.25, 0.3) is 0 Å². The molecule has 1 heterocycles. The Labute approximate surface area is 129 Å². The SMILES string of the molecule is CNC1CC(C)(C)Oc2cc(OCC(Cl)=CCl)ccc21. The van der Waals surface area contributed by atoms with E-state index in [0.29, 0.717) is 10.8 Å². The Kier molecular flexibility index (Phi) is 4.84. The van der Waals surface area contributed by atoms with E-state index in [0.717, 1.165) is 17.7 Å². The average molecular weight is 316 g/mol. The van der Waals surface area contributed by atoms with Crippen LogP contribution in [0.15, 0.2) is 28.8 Å². The molecule has 0 fully saturated rings. The van der Waals surface area contributed by atoms with Gasteiger partial charge in [0, 0.05) is 29.6 Å². The van der Waals surface area contributed by atoms with Gasteiger partial charge < -0.3 is 14.8 Å². The van der Waals surface area contributed by atoms with Gasteiger partial charge in [-0.15, -0.1) is 0 Å². The van der Waals surface area contributed by atoms with Crippen molar-refractivity contribution in [2.24, 2.45) is 0 Å². The predicted octanol–water partition coefficient (Wildman–Crippen LogP) is 4.21. The van der Waals surface area contributed by atoms with Crippen LogP contribution in [0.1, 0.15) is 31.9 Å². The molecule has 0 amide bonds. The summed E-state index contributed by atoms with van der Waals surface area (Å²) in [6, 6.07) is 6.14. The average Bonchev–Trinajstić information content (AvgIpc) is 2.42. The zero-order valence-electron chi connectivity index (χ0n) is 11.9. The lowest BCUT2D eigenvalue weighted by Crippen LogP contribution is -2.38. The molecule has 0 radical (unpaired) electrons. The summed E-state index contributed by atoms with van der Waals surface area (Å²) in [5.74, 6) is 1.57. The van der Waals surface area contributed by atoms with E-state index in [-0.39, 0.29) is 18.2 Å². The molecule has 1 aliphatic rings. The summed E-state index contributed by atoms with van der Waals surface area (Å²) in [6.07, 6.45) is 0.928. The van der Waals surface area contributed by atoms with Crippen molar-refractivity contribution < 1.29 is 9.47 Å². The highest BCUT2D eigenvalue weighted by Crippen LogP contribution is 2.41. The van der Waals surface area contributed by atoms with Crippen LogP contribution in [-0.2, 0) is 0 Å². The molecule has 1 aromatic carbocycles. The highest BCUT2D eigenvalue weighted by Gasteiger charge is 2.33. The summed E-state index contributed by atoms with van der Waals surface area (Å²) in [5, 5.41) is 3.78. The Morgan fingerprint density at radius 2 is 2.30 bits per heavy atom. The molecule has 1 unspecified atom stereocenters. The minimum atomic E-state index is -0.201. The first kappa shape index (κ1) is 15.5. The van der Waals surface area contributed by atoms with Gasteiger partial charge in [-0.25, -0.2) is 0 Å². The van der Waals surface area contributed by atoms with Crippen LogP contribution in [0.5, 0.6) is 11.5 Å². The van der Waals surface area contributed by atoms with Crippen molar-refractivity contribution in [3.05, 3.63) is 34.3 Å². The van der Waals surface area contributed by atoms with Gasteiger partial charge in [-0.3, -0.25) is 0 Å². The van der Waals surface area contributed by atoms with Crippen molar-refractivity contribution in [1.82, 2.24) is 5.32 Å². The van der Waals surface area contributed by atoms with E-state index < -0.39 is 0 Å². The first-order valence-corrected chi connectivity index (χ1v) is 7.34. The lowest BCUT2D eigenvalue weighted by molar-refractivity contribution is 0.0671. The largest absolute Gasteiger partial charge is 0.488 e. The van der Waals surface area contributed by atoms with Gasteiger partial charge in [-0.05, 0) is 27.0 Å². The van der Waals surface area contributed by atoms with Crippen LogP contribution in [0.4, 0.5) is 0 Å². The first-order chi connectivity index (χ1) is 9.45. The summed E-state index contributed by atoms with van der Waals surface area (Å²) in [6.45, 7) is 4.42. The standard InChI is InChI=1S/C15H19Cl2NO2/c1-15(2)7-13(18-3)12-5-4-11(6-14(12)20-15)19-9-10(17)8-16/h4-6,8,13,18H,7,9H2,1-3H3. The molecule has 5 heteroatoms. The van der Waals surface area contributed by atoms with Gasteiger partial charge in [0.25, 0.3) is 0 Å². The minimum Gasteiger partial charge on any atom is -0.488 e. The molecule has 1 atom stereocenters. The van der Waals surface area contributed by atoms with Gasteiger partial charge in [0.2, 0.25) is 0 Å². The van der Waals surface area contributed by atoms with Crippen molar-refractivity contribution >= 4 is 23.2 Å². The molecule has 20 heavy (non-hydrogen) atoms. The maximum absolute atomic E-state index is 6.03. The van der Waals surface area contributed by atoms with Crippen LogP contribution < -0.4 is 14.8 Å². The van der Waals surface area contributed by atoms with E-state index in [1.807, 2.05) is 25.2 Å². The normalized spacial score (nSPS) is 21.1. The number of halogens is 2. The van der Waals surface area contributed by atoms with E-state index in [1.54, 1.807) is 0 Å². The number of hydrogen-bond acceptors (Lipinski definition) is 3. The van der Waals surface area contributed by atoms with Crippen LogP contribution in [0.3, 0.4) is 0 Å². The Balaban J connectivity index is 2.21. The smallest absolute Gasteiger partial charge is 0.128 e. The molecule has 0 spiro atoms. The van der Waals surface area contributed by atoms with Crippen molar-refractivity contribution in [3.63, 3.8) is 0 Å². The van der Waals surface area contributed by atoms with E-state index in [1.165, 1.54) is 5.54 Å². The topological polar surface area (TPSA) is 30.5 Å². The third-order valence-electron chi connectivity index (χ3n) is 3.29. The van der Waals surface area contributed by atoms with E-state index in [9.17, 15) is 0 Å². The number of nitrogens with one attached hydrogen (secondary N) is 1. The molecule has 0 aromatic heterocycles. The fourth-order valence-electron chi connectivity index (χ4n) is 2.36. The second-order valence-electron chi connectivity index (χ2n) is 5.45. The van der Waals surface area contributed by atoms with Crippen LogP contribution in [0.2, 0.25) is 0 Å². The van der Waals surface area contributed by atoms with Gasteiger partial charge in [-0.2, -0.15) is 0 Å². The third kappa shape index (κ3) is 3.60. The molecule has 110 valence electrons. The van der Waals surface area contributed by atoms with E-state index in [4.69, 9.17) is 32.7 Å². The Morgan fingerprint density at radius 3 is 2.95 bits per heavy atom. The number of fused-ring (bicyclic) bond motifs is 1. The van der Waals surface area contributed by atoms with Crippen molar-refractivity contribution in [2.45, 2.75) is 31.9 Å². The molecule has 0 saturated carbocycles. The summed E-state index contributed by atoms with van der Waals surface area (Å²) < 4.78 is 11.6. The van der Waals surface area contributed by atoms with E-state index in [2.05, 4.69) is 19.2 Å². The van der Waals surface area contributed by atoms with Gasteiger partial charge in [0.05, 0.1) is 5.03 Å². The molecule has 1 N–H and O–H groups in total. The molecule has 1 aromatic rings. The van der Waals surface area contributed by atoms with Crippen LogP contribution >= 0.6 is 23.2 Å². The maximum atomic E-state index is 6.03. The quantitative estimate of drug-likeness (QED) is 0.903. The number of rotatable bonds is 4. The van der Waals surface area contributed by atoms with Crippen molar-refractivity contribution in [3.8, 4) is 11.5 Å². The molecular weight excluding hydrogens is 297 g/mol. The number of ether oxygens (including phenoxy) is 2. The monoisotopic (exact) mass is 315 g/mol. The highest BCUT2D eigenvalue weighted by molar-refractivity contribution is 6.36. The summed E-state index contributed by atoms with van der Waals surface area (Å²) in [5.41, 5.74) is 2.25. The molecule has 3 nitrogen and oxygen atoms in total. The van der Waals surface area contributed by atoms with Crippen molar-refractivity contribution in [1.29, 1.82) is 0 Å². The summed E-state index contributed by atoms with van der Waals surface area (Å²) in [4.78, 5) is 0. The maximum Gasteiger partial charge on any atom is 0.128 e. The van der Waals surface area contributed by atoms with Crippen molar-refractivity contribution in [2.75, 3.05) is 13.7 Å². The molecule has 2 rings (SSSR count). The fourth-order valence-corrected chi connectivity index (χ4v) is 2.48.